The molecule has 28 heavy (non-hydrogen) atoms. The number of carbonyl (C=O) groups excluding carboxylic acids is 1. The van der Waals surface area contributed by atoms with Crippen LogP contribution in [0.3, 0.4) is 0 Å². The summed E-state index contributed by atoms with van der Waals surface area (Å²) in [6, 6.07) is 13.7. The second kappa shape index (κ2) is 9.80. The Balaban J connectivity index is 1.53. The van der Waals surface area contributed by atoms with Crippen LogP contribution in [0.15, 0.2) is 42.5 Å². The molecular formula is C22H27ClN2O3. The zero-order valence-electron chi connectivity index (χ0n) is 16.4. The number of benzene rings is 2. The maximum absolute atomic E-state index is 12.5. The lowest BCUT2D eigenvalue weighted by Gasteiger charge is -2.29. The van der Waals surface area contributed by atoms with Crippen LogP contribution in [0, 0.1) is 6.92 Å². The normalized spacial score (nSPS) is 15.2. The van der Waals surface area contributed by atoms with Crippen LogP contribution in [-0.2, 0) is 16.1 Å². The van der Waals surface area contributed by atoms with Gasteiger partial charge < -0.3 is 19.7 Å². The summed E-state index contributed by atoms with van der Waals surface area (Å²) in [4.78, 5) is 14.8. The average molecular weight is 403 g/mol. The molecule has 1 N–H and O–H groups in total. The van der Waals surface area contributed by atoms with Gasteiger partial charge in [-0.05, 0) is 54.8 Å². The molecule has 1 aliphatic rings. The van der Waals surface area contributed by atoms with E-state index >= 15 is 0 Å². The molecule has 0 saturated carbocycles. The molecule has 0 unspecified atom stereocenters. The van der Waals surface area contributed by atoms with Gasteiger partial charge in [-0.15, -0.1) is 0 Å². The van der Waals surface area contributed by atoms with Crippen molar-refractivity contribution >= 4 is 23.2 Å². The van der Waals surface area contributed by atoms with Gasteiger partial charge in [0.05, 0.1) is 13.2 Å². The minimum atomic E-state index is -0.534. The van der Waals surface area contributed by atoms with E-state index in [9.17, 15) is 4.79 Å². The Hall–Kier alpha value is -2.24. The van der Waals surface area contributed by atoms with Crippen molar-refractivity contribution in [3.8, 4) is 5.75 Å². The van der Waals surface area contributed by atoms with E-state index in [0.29, 0.717) is 23.7 Å². The molecule has 5 nitrogen and oxygen atoms in total. The third-order valence-electron chi connectivity index (χ3n) is 4.85. The summed E-state index contributed by atoms with van der Waals surface area (Å²) in [6.07, 6.45) is 0.0527. The van der Waals surface area contributed by atoms with Gasteiger partial charge in [0.1, 0.15) is 5.75 Å². The molecule has 1 heterocycles. The summed E-state index contributed by atoms with van der Waals surface area (Å²) < 4.78 is 11.2. The van der Waals surface area contributed by atoms with Gasteiger partial charge in [-0.1, -0.05) is 30.7 Å². The molecule has 1 saturated heterocycles. The Morgan fingerprint density at radius 3 is 2.57 bits per heavy atom. The Morgan fingerprint density at radius 1 is 1.21 bits per heavy atom. The van der Waals surface area contributed by atoms with E-state index in [0.717, 1.165) is 37.4 Å². The molecule has 0 aromatic heterocycles. The molecule has 0 radical (unpaired) electrons. The highest BCUT2D eigenvalue weighted by Crippen LogP contribution is 2.22. The van der Waals surface area contributed by atoms with Crippen molar-refractivity contribution in [1.29, 1.82) is 0 Å². The molecule has 2 aromatic carbocycles. The molecule has 1 amide bonds. The predicted octanol–water partition coefficient (Wildman–Crippen LogP) is 3.96. The third kappa shape index (κ3) is 5.40. The molecule has 0 spiro atoms. The topological polar surface area (TPSA) is 50.8 Å². The predicted molar refractivity (Wildman–Crippen MR) is 112 cm³/mol. The average Bonchev–Trinajstić information content (AvgIpc) is 2.73. The number of rotatable bonds is 7. The molecule has 1 aliphatic heterocycles. The van der Waals surface area contributed by atoms with Gasteiger partial charge in [-0.2, -0.15) is 0 Å². The summed E-state index contributed by atoms with van der Waals surface area (Å²) in [7, 11) is 0. The molecular weight excluding hydrogens is 376 g/mol. The number of morpholine rings is 1. The molecule has 0 aliphatic carbocycles. The molecule has 1 fully saturated rings. The smallest absolute Gasteiger partial charge is 0.261 e. The highest BCUT2D eigenvalue weighted by Gasteiger charge is 2.18. The Labute approximate surface area is 171 Å². The summed E-state index contributed by atoms with van der Waals surface area (Å²) in [5.41, 5.74) is 3.17. The van der Waals surface area contributed by atoms with Crippen LogP contribution in [-0.4, -0.2) is 38.3 Å². The maximum Gasteiger partial charge on any atom is 0.261 e. The number of halogens is 1. The van der Waals surface area contributed by atoms with Crippen molar-refractivity contribution in [2.75, 3.05) is 31.2 Å². The van der Waals surface area contributed by atoms with E-state index in [2.05, 4.69) is 34.5 Å². The van der Waals surface area contributed by atoms with Gasteiger partial charge in [-0.25, -0.2) is 0 Å². The highest BCUT2D eigenvalue weighted by atomic mass is 35.5. The van der Waals surface area contributed by atoms with Gasteiger partial charge in [0, 0.05) is 30.3 Å². The summed E-state index contributed by atoms with van der Waals surface area (Å²) in [5.74, 6) is 0.533. The van der Waals surface area contributed by atoms with Gasteiger partial charge in [0.15, 0.2) is 6.10 Å². The summed E-state index contributed by atoms with van der Waals surface area (Å²) in [5, 5.41) is 3.66. The van der Waals surface area contributed by atoms with E-state index in [-0.39, 0.29) is 5.91 Å². The monoisotopic (exact) mass is 402 g/mol. The highest BCUT2D eigenvalue weighted by molar-refractivity contribution is 6.31. The maximum atomic E-state index is 12.5. The SMILES string of the molecule is CC[C@H](Oc1ccc(Cl)c(C)c1)C(=O)NCc1ccc(N2CCOCC2)cc1. The van der Waals surface area contributed by atoms with Crippen LogP contribution >= 0.6 is 11.6 Å². The molecule has 1 atom stereocenters. The van der Waals surface area contributed by atoms with Gasteiger partial charge in [-0.3, -0.25) is 4.79 Å². The zero-order valence-corrected chi connectivity index (χ0v) is 17.2. The number of hydrogen-bond donors (Lipinski definition) is 1. The van der Waals surface area contributed by atoms with Crippen molar-refractivity contribution < 1.29 is 14.3 Å². The van der Waals surface area contributed by atoms with Crippen LogP contribution in [0.4, 0.5) is 5.69 Å². The molecule has 0 bridgehead atoms. The van der Waals surface area contributed by atoms with Crippen LogP contribution in [0.25, 0.3) is 0 Å². The lowest BCUT2D eigenvalue weighted by atomic mass is 10.1. The standard InChI is InChI=1S/C22H27ClN2O3/c1-3-21(28-19-8-9-20(23)16(2)14-19)22(26)24-15-17-4-6-18(7-5-17)25-10-12-27-13-11-25/h4-9,14,21H,3,10-13,15H2,1-2H3,(H,24,26)/t21-/m0/s1. The van der Waals surface area contributed by atoms with E-state index in [1.54, 1.807) is 12.1 Å². The molecule has 150 valence electrons. The number of anilines is 1. The van der Waals surface area contributed by atoms with Crippen LogP contribution < -0.4 is 15.0 Å². The Morgan fingerprint density at radius 2 is 1.93 bits per heavy atom. The van der Waals surface area contributed by atoms with E-state index in [1.165, 1.54) is 5.69 Å². The summed E-state index contributed by atoms with van der Waals surface area (Å²) in [6.45, 7) is 7.68. The number of nitrogens with zero attached hydrogens (tertiary/aromatic N) is 1. The molecule has 6 heteroatoms. The lowest BCUT2D eigenvalue weighted by Crippen LogP contribution is -2.37. The molecule has 3 rings (SSSR count). The number of carbonyl (C=O) groups is 1. The second-order valence-corrected chi connectivity index (χ2v) is 7.32. The fraction of sp³-hybridized carbons (Fsp3) is 0.409. The van der Waals surface area contributed by atoms with Gasteiger partial charge >= 0.3 is 0 Å². The first-order valence-electron chi connectivity index (χ1n) is 9.69. The number of aryl methyl sites for hydroxylation is 1. The minimum Gasteiger partial charge on any atom is -0.481 e. The van der Waals surface area contributed by atoms with Crippen LogP contribution in [0.1, 0.15) is 24.5 Å². The number of hydrogen-bond acceptors (Lipinski definition) is 4. The van der Waals surface area contributed by atoms with Crippen LogP contribution in [0.5, 0.6) is 5.75 Å². The first-order valence-corrected chi connectivity index (χ1v) is 10.1. The second-order valence-electron chi connectivity index (χ2n) is 6.91. The van der Waals surface area contributed by atoms with E-state index < -0.39 is 6.10 Å². The third-order valence-corrected chi connectivity index (χ3v) is 5.27. The quantitative estimate of drug-likeness (QED) is 0.761. The van der Waals surface area contributed by atoms with Gasteiger partial charge in [0.25, 0.3) is 5.91 Å². The van der Waals surface area contributed by atoms with Crippen molar-refractivity contribution in [3.05, 3.63) is 58.6 Å². The largest absolute Gasteiger partial charge is 0.481 e. The Kier molecular flexibility index (Phi) is 7.18. The van der Waals surface area contributed by atoms with Crippen LogP contribution in [0.2, 0.25) is 5.02 Å². The zero-order chi connectivity index (χ0) is 19.9. The first-order chi connectivity index (χ1) is 13.6. The van der Waals surface area contributed by atoms with E-state index in [1.807, 2.05) is 19.9 Å². The number of amides is 1. The van der Waals surface area contributed by atoms with Crippen molar-refractivity contribution in [1.82, 2.24) is 5.32 Å². The van der Waals surface area contributed by atoms with Crippen molar-refractivity contribution in [2.24, 2.45) is 0 Å². The lowest BCUT2D eigenvalue weighted by molar-refractivity contribution is -0.128. The fourth-order valence-electron chi connectivity index (χ4n) is 3.13. The summed E-state index contributed by atoms with van der Waals surface area (Å²) >= 11 is 6.05. The van der Waals surface area contributed by atoms with Crippen molar-refractivity contribution in [3.63, 3.8) is 0 Å². The Bertz CT molecular complexity index is 789. The number of ether oxygens (including phenoxy) is 2. The van der Waals surface area contributed by atoms with E-state index in [4.69, 9.17) is 21.1 Å². The molecule has 2 aromatic rings. The number of nitrogens with one attached hydrogen (secondary N) is 1. The fourth-order valence-corrected chi connectivity index (χ4v) is 3.24. The minimum absolute atomic E-state index is 0.118. The van der Waals surface area contributed by atoms with Gasteiger partial charge in [0.2, 0.25) is 0 Å². The van der Waals surface area contributed by atoms with Crippen molar-refractivity contribution in [2.45, 2.75) is 32.9 Å². The first kappa shape index (κ1) is 20.5.